The summed E-state index contributed by atoms with van der Waals surface area (Å²) in [5.74, 6) is 2.31. The van der Waals surface area contributed by atoms with Crippen molar-refractivity contribution in [2.45, 2.75) is 57.0 Å². The van der Waals surface area contributed by atoms with Gasteiger partial charge in [-0.25, -0.2) is 4.98 Å². The van der Waals surface area contributed by atoms with Crippen LogP contribution >= 0.6 is 0 Å². The highest BCUT2D eigenvalue weighted by Crippen LogP contribution is 2.34. The van der Waals surface area contributed by atoms with Crippen LogP contribution in [-0.4, -0.2) is 67.9 Å². The van der Waals surface area contributed by atoms with Gasteiger partial charge in [-0.1, -0.05) is 25.3 Å². The Balaban J connectivity index is 1.27. The van der Waals surface area contributed by atoms with Crippen molar-refractivity contribution in [3.8, 4) is 5.88 Å². The Morgan fingerprint density at radius 3 is 2.67 bits per heavy atom. The number of guanidine groups is 1. The minimum Gasteiger partial charge on any atom is -0.477 e. The average molecular weight is 416 g/mol. The van der Waals surface area contributed by atoms with Crippen LogP contribution in [0.2, 0.25) is 0 Å². The largest absolute Gasteiger partial charge is 0.477 e. The van der Waals surface area contributed by atoms with Gasteiger partial charge in [-0.2, -0.15) is 0 Å². The predicted octanol–water partition coefficient (Wildman–Crippen LogP) is 2.57. The number of aliphatic imine (C=N–C) groups is 1. The van der Waals surface area contributed by atoms with Gasteiger partial charge in [-0.3, -0.25) is 9.89 Å². The van der Waals surface area contributed by atoms with Crippen molar-refractivity contribution in [2.75, 3.05) is 46.5 Å². The number of aromatic nitrogens is 1. The number of nitrogens with one attached hydrogen (secondary N) is 2. The first kappa shape index (κ1) is 21.4. The van der Waals surface area contributed by atoms with E-state index in [2.05, 4.69) is 31.6 Å². The molecule has 2 aliphatic carbocycles. The molecule has 1 aliphatic heterocycles. The molecule has 166 valence electrons. The second kappa shape index (κ2) is 10.4. The molecule has 7 heteroatoms. The minimum absolute atomic E-state index is 0.224. The van der Waals surface area contributed by atoms with Crippen LogP contribution in [0.15, 0.2) is 23.3 Å². The van der Waals surface area contributed by atoms with Crippen LogP contribution in [0.4, 0.5) is 0 Å². The summed E-state index contributed by atoms with van der Waals surface area (Å²) in [4.78, 5) is 11.5. The van der Waals surface area contributed by atoms with Crippen molar-refractivity contribution < 1.29 is 9.47 Å². The molecule has 0 radical (unpaired) electrons. The maximum atomic E-state index is 5.72. The molecule has 0 bridgehead atoms. The van der Waals surface area contributed by atoms with Gasteiger partial charge >= 0.3 is 0 Å². The van der Waals surface area contributed by atoms with Gasteiger partial charge in [0.25, 0.3) is 0 Å². The molecule has 2 N–H and O–H groups in total. The maximum Gasteiger partial charge on any atom is 0.213 e. The Hall–Kier alpha value is -1.86. The van der Waals surface area contributed by atoms with Gasteiger partial charge in [-0.15, -0.1) is 0 Å². The first-order valence-electron chi connectivity index (χ1n) is 11.6. The summed E-state index contributed by atoms with van der Waals surface area (Å²) in [6, 6.07) is 4.04. The summed E-state index contributed by atoms with van der Waals surface area (Å²) < 4.78 is 11.3. The van der Waals surface area contributed by atoms with E-state index >= 15 is 0 Å². The highest BCUT2D eigenvalue weighted by molar-refractivity contribution is 5.79. The molecule has 0 aromatic carbocycles. The zero-order valence-corrected chi connectivity index (χ0v) is 18.4. The third kappa shape index (κ3) is 5.85. The topological polar surface area (TPSA) is 71.0 Å². The van der Waals surface area contributed by atoms with Gasteiger partial charge in [0.15, 0.2) is 5.96 Å². The van der Waals surface area contributed by atoms with Crippen molar-refractivity contribution in [1.82, 2.24) is 20.5 Å². The molecular formula is C23H37N5O2. The fraction of sp³-hybridized carbons (Fsp3) is 0.739. The van der Waals surface area contributed by atoms with Crippen LogP contribution in [0.5, 0.6) is 5.88 Å². The smallest absolute Gasteiger partial charge is 0.213 e. The Labute approximate surface area is 180 Å². The van der Waals surface area contributed by atoms with E-state index < -0.39 is 0 Å². The van der Waals surface area contributed by atoms with Crippen molar-refractivity contribution in [2.24, 2.45) is 10.9 Å². The monoisotopic (exact) mass is 415 g/mol. The molecule has 2 saturated carbocycles. The zero-order valence-electron chi connectivity index (χ0n) is 18.4. The van der Waals surface area contributed by atoms with E-state index in [4.69, 9.17) is 9.47 Å². The number of ether oxygens (including phenoxy) is 2. The number of hydrogen-bond acceptors (Lipinski definition) is 5. The van der Waals surface area contributed by atoms with Crippen LogP contribution in [-0.2, 0) is 11.3 Å². The van der Waals surface area contributed by atoms with E-state index in [1.165, 1.54) is 44.9 Å². The summed E-state index contributed by atoms with van der Waals surface area (Å²) in [6.45, 7) is 6.19. The summed E-state index contributed by atoms with van der Waals surface area (Å²) in [6.07, 6.45) is 11.0. The Bertz CT molecular complexity index is 677. The molecule has 0 unspecified atom stereocenters. The summed E-state index contributed by atoms with van der Waals surface area (Å²) in [5.41, 5.74) is 1.35. The standard InChI is InChI=1S/C23H37N5O2/c1-24-22(26-16-20-7-8-21(25-15-20)30-17-19-5-6-19)27-18-23(9-3-2-4-10-23)28-11-13-29-14-12-28/h7-8,15,19H,2-6,9-14,16-18H2,1H3,(H2,24,26,27). The molecule has 30 heavy (non-hydrogen) atoms. The Kier molecular flexibility index (Phi) is 7.44. The van der Waals surface area contributed by atoms with E-state index in [0.717, 1.165) is 62.8 Å². The fourth-order valence-electron chi connectivity index (χ4n) is 4.60. The van der Waals surface area contributed by atoms with E-state index in [-0.39, 0.29) is 5.54 Å². The van der Waals surface area contributed by atoms with Crippen LogP contribution in [0.1, 0.15) is 50.5 Å². The lowest BCUT2D eigenvalue weighted by Crippen LogP contribution is -2.60. The van der Waals surface area contributed by atoms with Crippen LogP contribution in [0.25, 0.3) is 0 Å². The first-order valence-corrected chi connectivity index (χ1v) is 11.6. The number of hydrogen-bond donors (Lipinski definition) is 2. The van der Waals surface area contributed by atoms with E-state index in [1.54, 1.807) is 0 Å². The maximum absolute atomic E-state index is 5.72. The van der Waals surface area contributed by atoms with Gasteiger partial charge in [0.2, 0.25) is 5.88 Å². The lowest BCUT2D eigenvalue weighted by atomic mass is 9.80. The normalized spacial score (nSPS) is 22.5. The molecule has 7 nitrogen and oxygen atoms in total. The summed E-state index contributed by atoms with van der Waals surface area (Å²) >= 11 is 0. The number of nitrogens with zero attached hydrogens (tertiary/aromatic N) is 3. The summed E-state index contributed by atoms with van der Waals surface area (Å²) in [7, 11) is 1.84. The van der Waals surface area contributed by atoms with Gasteiger partial charge < -0.3 is 20.1 Å². The second-order valence-corrected chi connectivity index (χ2v) is 8.92. The molecule has 0 atom stereocenters. The lowest BCUT2D eigenvalue weighted by molar-refractivity contribution is -0.0352. The molecule has 1 aromatic heterocycles. The molecule has 1 saturated heterocycles. The van der Waals surface area contributed by atoms with Crippen LogP contribution < -0.4 is 15.4 Å². The van der Waals surface area contributed by atoms with Gasteiger partial charge in [0.1, 0.15) is 0 Å². The number of pyridine rings is 1. The second-order valence-electron chi connectivity index (χ2n) is 8.92. The van der Waals surface area contributed by atoms with Gasteiger partial charge in [0.05, 0.1) is 19.8 Å². The Morgan fingerprint density at radius 2 is 2.00 bits per heavy atom. The van der Waals surface area contributed by atoms with Crippen molar-refractivity contribution >= 4 is 5.96 Å². The molecular weight excluding hydrogens is 378 g/mol. The van der Waals surface area contributed by atoms with Crippen molar-refractivity contribution in [3.05, 3.63) is 23.9 Å². The molecule has 2 heterocycles. The quantitative estimate of drug-likeness (QED) is 0.502. The first-order chi connectivity index (χ1) is 14.8. The molecule has 4 rings (SSSR count). The molecule has 3 aliphatic rings. The molecule has 3 fully saturated rings. The minimum atomic E-state index is 0.224. The van der Waals surface area contributed by atoms with Crippen LogP contribution in [0.3, 0.4) is 0 Å². The third-order valence-electron chi connectivity index (χ3n) is 6.70. The molecule has 1 aromatic rings. The van der Waals surface area contributed by atoms with Gasteiger partial charge in [-0.05, 0) is 37.2 Å². The predicted molar refractivity (Wildman–Crippen MR) is 119 cm³/mol. The molecule has 0 amide bonds. The lowest BCUT2D eigenvalue weighted by Gasteiger charge is -2.48. The van der Waals surface area contributed by atoms with Crippen molar-refractivity contribution in [1.29, 1.82) is 0 Å². The fourth-order valence-corrected chi connectivity index (χ4v) is 4.60. The average Bonchev–Trinajstić information content (AvgIpc) is 3.64. The van der Waals surface area contributed by atoms with Crippen molar-refractivity contribution in [3.63, 3.8) is 0 Å². The van der Waals surface area contributed by atoms with Crippen LogP contribution in [0, 0.1) is 5.92 Å². The Morgan fingerprint density at radius 1 is 1.20 bits per heavy atom. The number of morpholine rings is 1. The van der Waals surface area contributed by atoms with E-state index in [9.17, 15) is 0 Å². The zero-order chi connectivity index (χ0) is 20.7. The van der Waals surface area contributed by atoms with E-state index in [0.29, 0.717) is 6.54 Å². The third-order valence-corrected chi connectivity index (χ3v) is 6.70. The summed E-state index contributed by atoms with van der Waals surface area (Å²) in [5, 5.41) is 7.05. The van der Waals surface area contributed by atoms with E-state index in [1.807, 2.05) is 19.3 Å². The number of rotatable bonds is 8. The SMILES string of the molecule is CN=C(NCc1ccc(OCC2CC2)nc1)NCC1(N2CCOCC2)CCCCC1. The highest BCUT2D eigenvalue weighted by Gasteiger charge is 2.38. The highest BCUT2D eigenvalue weighted by atomic mass is 16.5. The molecule has 0 spiro atoms. The van der Waals surface area contributed by atoms with Gasteiger partial charge in [0, 0.05) is 51.0 Å².